The van der Waals surface area contributed by atoms with Gasteiger partial charge in [-0.05, 0) is 32.9 Å². The first-order valence-corrected chi connectivity index (χ1v) is 6.70. The molecule has 2 rings (SSSR count). The zero-order chi connectivity index (χ0) is 15.8. The van der Waals surface area contributed by atoms with Crippen LogP contribution in [0.5, 0.6) is 0 Å². The van der Waals surface area contributed by atoms with Crippen molar-refractivity contribution in [3.63, 3.8) is 0 Å². The van der Waals surface area contributed by atoms with Gasteiger partial charge in [0.25, 0.3) is 0 Å². The van der Waals surface area contributed by atoms with Crippen molar-refractivity contribution in [2.75, 3.05) is 0 Å². The summed E-state index contributed by atoms with van der Waals surface area (Å²) in [5.74, 6) is -0.343. The normalized spacial score (nSPS) is 19.0. The van der Waals surface area contributed by atoms with E-state index in [0.29, 0.717) is 0 Å². The van der Waals surface area contributed by atoms with Crippen LogP contribution in [0.3, 0.4) is 0 Å². The lowest BCUT2D eigenvalue weighted by Crippen LogP contribution is -2.54. The van der Waals surface area contributed by atoms with Crippen molar-refractivity contribution < 1.29 is 9.23 Å². The Morgan fingerprint density at radius 3 is 2.62 bits per heavy atom. The lowest BCUT2D eigenvalue weighted by Gasteiger charge is -2.38. The van der Waals surface area contributed by atoms with Gasteiger partial charge in [-0.2, -0.15) is 10.1 Å². The Morgan fingerprint density at radius 1 is 1.38 bits per heavy atom. The van der Waals surface area contributed by atoms with E-state index in [4.69, 9.17) is 27.9 Å². The van der Waals surface area contributed by atoms with Gasteiger partial charge in [0.1, 0.15) is 11.9 Å². The Balaban J connectivity index is 2.28. The Hall–Kier alpha value is -1.86. The predicted molar refractivity (Wildman–Crippen MR) is 80.1 cm³/mol. The molecule has 0 aromatic heterocycles. The quantitative estimate of drug-likeness (QED) is 0.894. The molecule has 0 aliphatic carbocycles. The number of hydrogen-bond donors (Lipinski definition) is 2. The lowest BCUT2D eigenvalue weighted by molar-refractivity contribution is -0.192. The van der Waals surface area contributed by atoms with Crippen molar-refractivity contribution in [1.29, 1.82) is 0 Å². The zero-order valence-corrected chi connectivity index (χ0v) is 12.7. The molecule has 1 aromatic rings. The van der Waals surface area contributed by atoms with Crippen LogP contribution in [0.2, 0.25) is 5.02 Å². The van der Waals surface area contributed by atoms with Gasteiger partial charge in [0.05, 0.1) is 0 Å². The van der Waals surface area contributed by atoms with Gasteiger partial charge in [-0.15, -0.1) is 0 Å². The van der Waals surface area contributed by atoms with Crippen LogP contribution >= 0.6 is 11.6 Å². The minimum absolute atomic E-state index is 0.0480. The molecule has 1 atom stereocenters. The van der Waals surface area contributed by atoms with Crippen molar-refractivity contribution in [3.8, 4) is 0 Å². The second kappa shape index (κ2) is 5.50. The number of nitrogens with zero attached hydrogens (tertiary/aromatic N) is 3. The summed E-state index contributed by atoms with van der Waals surface area (Å²) in [7, 11) is 0. The molecule has 8 heteroatoms. The molecule has 1 unspecified atom stereocenters. The topological polar surface area (TPSA) is 89.2 Å². The van der Waals surface area contributed by atoms with Gasteiger partial charge in [0.2, 0.25) is 11.9 Å². The predicted octanol–water partition coefficient (Wildman–Crippen LogP) is 2.15. The fourth-order valence-electron chi connectivity index (χ4n) is 2.09. The third-order valence-corrected chi connectivity index (χ3v) is 3.32. The van der Waals surface area contributed by atoms with Gasteiger partial charge >= 0.3 is 0 Å². The Labute approximate surface area is 127 Å². The van der Waals surface area contributed by atoms with E-state index in [9.17, 15) is 4.39 Å². The molecule has 21 heavy (non-hydrogen) atoms. The fraction of sp³-hybridized carbons (Fsp3) is 0.385. The van der Waals surface area contributed by atoms with Crippen molar-refractivity contribution >= 4 is 23.5 Å². The van der Waals surface area contributed by atoms with Gasteiger partial charge < -0.3 is 11.5 Å². The number of rotatable bonds is 3. The first kappa shape index (κ1) is 15.5. The number of aliphatic imine (C=N–C) groups is 2. The average Bonchev–Trinajstić information content (AvgIpc) is 2.32. The highest BCUT2D eigenvalue weighted by Gasteiger charge is 2.35. The minimum Gasteiger partial charge on any atom is -0.368 e. The number of guanidine groups is 2. The van der Waals surface area contributed by atoms with Crippen molar-refractivity contribution in [3.05, 3.63) is 34.6 Å². The molecule has 1 aliphatic rings. The molecule has 0 fully saturated rings. The van der Waals surface area contributed by atoms with E-state index in [0.717, 1.165) is 0 Å². The summed E-state index contributed by atoms with van der Waals surface area (Å²) in [6.45, 7) is 5.16. The van der Waals surface area contributed by atoms with Crippen LogP contribution < -0.4 is 11.5 Å². The van der Waals surface area contributed by atoms with Crippen LogP contribution in [-0.4, -0.2) is 22.6 Å². The van der Waals surface area contributed by atoms with E-state index in [2.05, 4.69) is 9.98 Å². The summed E-state index contributed by atoms with van der Waals surface area (Å²) in [5.41, 5.74) is 10.8. The molecule has 1 aliphatic heterocycles. The highest BCUT2D eigenvalue weighted by atomic mass is 35.5. The Morgan fingerprint density at radius 2 is 2.05 bits per heavy atom. The maximum atomic E-state index is 13.9. The van der Waals surface area contributed by atoms with E-state index in [1.165, 1.54) is 17.2 Å². The van der Waals surface area contributed by atoms with Gasteiger partial charge in [-0.3, -0.25) is 4.84 Å². The summed E-state index contributed by atoms with van der Waals surface area (Å²) in [6.07, 6.45) is -0.679. The third kappa shape index (κ3) is 3.08. The van der Waals surface area contributed by atoms with Gasteiger partial charge in [-0.1, -0.05) is 17.7 Å². The van der Waals surface area contributed by atoms with E-state index >= 15 is 0 Å². The maximum absolute atomic E-state index is 13.9. The summed E-state index contributed by atoms with van der Waals surface area (Å²) in [4.78, 5) is 13.7. The molecule has 0 bridgehead atoms. The molecule has 6 nitrogen and oxygen atoms in total. The second-order valence-corrected chi connectivity index (χ2v) is 5.52. The minimum atomic E-state index is -0.859. The van der Waals surface area contributed by atoms with Crippen LogP contribution in [0.4, 0.5) is 4.39 Å². The van der Waals surface area contributed by atoms with Crippen molar-refractivity contribution in [2.45, 2.75) is 32.5 Å². The zero-order valence-electron chi connectivity index (χ0n) is 12.0. The lowest BCUT2D eigenvalue weighted by atomic mass is 10.1. The molecule has 1 aromatic carbocycles. The van der Waals surface area contributed by atoms with E-state index in [1.54, 1.807) is 26.8 Å². The van der Waals surface area contributed by atoms with E-state index in [1.807, 2.05) is 0 Å². The molecule has 0 saturated heterocycles. The molecular weight excluding hydrogens is 297 g/mol. The first-order chi connectivity index (χ1) is 9.72. The Kier molecular flexibility index (Phi) is 4.06. The maximum Gasteiger partial charge on any atom is 0.226 e. The molecule has 0 amide bonds. The van der Waals surface area contributed by atoms with Crippen LogP contribution in [0.1, 0.15) is 32.4 Å². The molecular formula is C13H17ClFN5O. The molecule has 0 saturated carbocycles. The molecule has 4 N–H and O–H groups in total. The summed E-state index contributed by atoms with van der Waals surface area (Å²) in [6, 6.07) is 4.43. The third-order valence-electron chi connectivity index (χ3n) is 2.99. The van der Waals surface area contributed by atoms with Crippen LogP contribution in [0.15, 0.2) is 28.2 Å². The number of halogens is 2. The monoisotopic (exact) mass is 313 g/mol. The largest absolute Gasteiger partial charge is 0.368 e. The second-order valence-electron chi connectivity index (χ2n) is 5.11. The molecule has 0 spiro atoms. The highest BCUT2D eigenvalue weighted by Crippen LogP contribution is 2.31. The van der Waals surface area contributed by atoms with Gasteiger partial charge in [0.15, 0.2) is 5.66 Å². The van der Waals surface area contributed by atoms with Gasteiger partial charge in [0, 0.05) is 10.6 Å². The molecule has 114 valence electrons. The smallest absolute Gasteiger partial charge is 0.226 e. The van der Waals surface area contributed by atoms with Crippen molar-refractivity contribution in [2.24, 2.45) is 21.5 Å². The van der Waals surface area contributed by atoms with E-state index < -0.39 is 17.6 Å². The van der Waals surface area contributed by atoms with Crippen LogP contribution in [0, 0.1) is 5.82 Å². The van der Waals surface area contributed by atoms with Crippen LogP contribution in [0.25, 0.3) is 0 Å². The van der Waals surface area contributed by atoms with Gasteiger partial charge in [-0.25, -0.2) is 9.38 Å². The standard InChI is InChI=1S/C13H17ClFN5O/c1-7(10-8(14)5-4-6-9(10)15)21-20-12(17)18-11(16)19-13(20,2)3/h4-7H,1-3H3,(H4,16,17,18,19). The molecule has 0 radical (unpaired) electrons. The number of hydrogen-bond acceptors (Lipinski definition) is 6. The summed E-state index contributed by atoms with van der Waals surface area (Å²) >= 11 is 6.03. The SMILES string of the molecule is CC(ON1C(N)=NC(N)=NC1(C)C)c1c(F)cccc1Cl. The highest BCUT2D eigenvalue weighted by molar-refractivity contribution is 6.31. The number of nitrogens with two attached hydrogens (primary N) is 2. The Bertz CT molecular complexity index is 596. The van der Waals surface area contributed by atoms with Crippen molar-refractivity contribution in [1.82, 2.24) is 5.06 Å². The fourth-order valence-corrected chi connectivity index (χ4v) is 2.40. The van der Waals surface area contributed by atoms with E-state index in [-0.39, 0.29) is 22.5 Å². The number of benzene rings is 1. The first-order valence-electron chi connectivity index (χ1n) is 6.33. The summed E-state index contributed by atoms with van der Waals surface area (Å²) in [5, 5.41) is 1.56. The number of hydroxylamine groups is 2. The summed E-state index contributed by atoms with van der Waals surface area (Å²) < 4.78 is 13.9. The average molecular weight is 314 g/mol. The van der Waals surface area contributed by atoms with Crippen LogP contribution in [-0.2, 0) is 4.84 Å². The molecule has 1 heterocycles.